The summed E-state index contributed by atoms with van der Waals surface area (Å²) in [4.78, 5) is 22.9. The van der Waals surface area contributed by atoms with Crippen molar-refractivity contribution in [1.82, 2.24) is 9.97 Å². The second-order valence-electron chi connectivity index (χ2n) is 20.2. The van der Waals surface area contributed by atoms with Crippen LogP contribution in [0.1, 0.15) is 107 Å². The van der Waals surface area contributed by atoms with Crippen molar-refractivity contribution in [1.29, 1.82) is 0 Å². The van der Waals surface area contributed by atoms with Gasteiger partial charge in [0.25, 0.3) is 0 Å². The van der Waals surface area contributed by atoms with Gasteiger partial charge in [-0.3, -0.25) is 9.78 Å². The minimum atomic E-state index is -4.25. The third-order valence-electron chi connectivity index (χ3n) is 12.2. The van der Waals surface area contributed by atoms with Crippen molar-refractivity contribution < 1.29 is 43.2 Å². The van der Waals surface area contributed by atoms with Crippen molar-refractivity contribution in [2.75, 3.05) is 0 Å². The Bertz CT molecular complexity index is 2530. The maximum Gasteiger partial charge on any atom is 0.394 e. The van der Waals surface area contributed by atoms with Crippen molar-refractivity contribution >= 4 is 38.1 Å². The Kier molecular flexibility index (Phi) is 17.2. The summed E-state index contributed by atoms with van der Waals surface area (Å²) in [6.07, 6.45) is -1.18. The van der Waals surface area contributed by atoms with Crippen LogP contribution in [-0.2, 0) is 36.7 Å². The van der Waals surface area contributed by atoms with Crippen LogP contribution in [-0.4, -0.2) is 27.0 Å². The summed E-state index contributed by atoms with van der Waals surface area (Å²) in [5.41, 5.74) is 7.06. The molecule has 9 heteroatoms. The SMILES string of the molecule is CC(C)C(C(=O)/C=C(\O)C(C(C)C)C(C)C)C(C)C.Cc1c(-c2ccc(-c3ccc(CC(C)(C)C(F)(F)F)cc3)cc2)sc2c(-c3[c-]c4ccccc4c(C(C)(C)C)c3)ncnc12.[Ir]. The van der Waals surface area contributed by atoms with Gasteiger partial charge in [0, 0.05) is 53.3 Å². The molecule has 4 nitrogen and oxygen atoms in total. The molecule has 4 aromatic carbocycles. The molecule has 0 spiro atoms. The molecular formula is C55H66F3IrN2O2S-. The number of alkyl halides is 3. The Hall–Kier alpha value is -4.17. The Morgan fingerprint density at radius 2 is 1.27 bits per heavy atom. The van der Waals surface area contributed by atoms with E-state index in [-0.39, 0.29) is 55.3 Å². The molecule has 0 fully saturated rings. The van der Waals surface area contributed by atoms with Crippen LogP contribution in [0.15, 0.2) is 97.0 Å². The fourth-order valence-electron chi connectivity index (χ4n) is 8.93. The number of aromatic nitrogens is 2. The molecule has 0 bridgehead atoms. The van der Waals surface area contributed by atoms with Gasteiger partial charge in [-0.15, -0.1) is 40.5 Å². The Labute approximate surface area is 397 Å². The van der Waals surface area contributed by atoms with E-state index in [9.17, 15) is 23.1 Å². The van der Waals surface area contributed by atoms with Crippen molar-refractivity contribution in [3.05, 3.63) is 120 Å². The number of allylic oxidation sites excluding steroid dienone is 2. The molecular weight excluding hydrogens is 1000 g/mol. The Morgan fingerprint density at radius 3 is 1.78 bits per heavy atom. The third-order valence-corrected chi connectivity index (χ3v) is 13.6. The standard InChI is InChI=1S/C38H34F3N2S.C17H32O2.Ir/c1-23-32-35(33(43-22-42-32)29-19-28-9-7-8-10-30(28)31(20-29)36(2,3)4)44-34(23)27-17-15-26(16-18-27)25-13-11-24(12-14-25)21-37(5,6)38(39,40)41;1-10(2)16(11(3)4)14(18)9-15(19)17(12(5)6)13(7)8;/h7-18,20,22H,21H2,1-6H3;9-13,16-18H,1-8H3;/q-1;;/b;14-9-;. The smallest absolute Gasteiger partial charge is 0.394 e. The number of hydrogen-bond donors (Lipinski definition) is 1. The molecule has 1 radical (unpaired) electrons. The number of nitrogens with zero attached hydrogens (tertiary/aromatic N) is 2. The third kappa shape index (κ3) is 12.0. The summed E-state index contributed by atoms with van der Waals surface area (Å²) in [5, 5.41) is 12.6. The fraction of sp³-hybridized carbons (Fsp3) is 0.436. The molecule has 0 saturated heterocycles. The number of carbonyl (C=O) groups is 1. The molecule has 0 saturated carbocycles. The van der Waals surface area contributed by atoms with E-state index in [1.54, 1.807) is 29.8 Å². The molecule has 6 rings (SSSR count). The van der Waals surface area contributed by atoms with Crippen molar-refractivity contribution in [3.8, 4) is 32.8 Å². The molecule has 345 valence electrons. The quantitative estimate of drug-likeness (QED) is 0.0754. The first-order valence-corrected chi connectivity index (χ1v) is 23.0. The monoisotopic (exact) mass is 1070 g/mol. The van der Waals surface area contributed by atoms with E-state index < -0.39 is 11.6 Å². The van der Waals surface area contributed by atoms with Crippen LogP contribution in [0.2, 0.25) is 0 Å². The topological polar surface area (TPSA) is 63.1 Å². The average Bonchev–Trinajstić information content (AvgIpc) is 3.52. The van der Waals surface area contributed by atoms with E-state index in [2.05, 4.69) is 143 Å². The van der Waals surface area contributed by atoms with Gasteiger partial charge in [-0.1, -0.05) is 168 Å². The van der Waals surface area contributed by atoms with Crippen LogP contribution >= 0.6 is 11.3 Å². The molecule has 0 amide bonds. The zero-order valence-electron chi connectivity index (χ0n) is 40.0. The van der Waals surface area contributed by atoms with E-state index in [0.717, 1.165) is 54.0 Å². The molecule has 2 heterocycles. The zero-order valence-corrected chi connectivity index (χ0v) is 43.2. The van der Waals surface area contributed by atoms with Gasteiger partial charge >= 0.3 is 6.18 Å². The largest absolute Gasteiger partial charge is 0.512 e. The second-order valence-corrected chi connectivity index (χ2v) is 21.2. The molecule has 2 aromatic heterocycles. The van der Waals surface area contributed by atoms with Crippen LogP contribution < -0.4 is 0 Å². The van der Waals surface area contributed by atoms with Gasteiger partial charge in [0.1, 0.15) is 6.33 Å². The summed E-state index contributed by atoms with van der Waals surface area (Å²) in [6, 6.07) is 29.9. The van der Waals surface area contributed by atoms with E-state index in [1.165, 1.54) is 30.9 Å². The van der Waals surface area contributed by atoms with Crippen LogP contribution in [0.5, 0.6) is 0 Å². The summed E-state index contributed by atoms with van der Waals surface area (Å²) >= 11 is 1.69. The first-order valence-electron chi connectivity index (χ1n) is 22.2. The number of aryl methyl sites for hydroxylation is 1. The van der Waals surface area contributed by atoms with Gasteiger partial charge < -0.3 is 5.11 Å². The first-order chi connectivity index (χ1) is 29.3. The van der Waals surface area contributed by atoms with Crippen LogP contribution in [0.4, 0.5) is 13.2 Å². The zero-order chi connectivity index (χ0) is 46.8. The predicted octanol–water partition coefficient (Wildman–Crippen LogP) is 16.2. The number of carbonyl (C=O) groups excluding carboxylic acids is 1. The van der Waals surface area contributed by atoms with Crippen molar-refractivity contribution in [2.24, 2.45) is 40.9 Å². The average molecular weight is 1070 g/mol. The van der Waals surface area contributed by atoms with Crippen molar-refractivity contribution in [3.63, 3.8) is 0 Å². The van der Waals surface area contributed by atoms with Crippen LogP contribution in [0, 0.1) is 53.9 Å². The predicted molar refractivity (Wildman–Crippen MR) is 259 cm³/mol. The maximum absolute atomic E-state index is 13.4. The van der Waals surface area contributed by atoms with Gasteiger partial charge in [0.2, 0.25) is 0 Å². The molecule has 0 aliphatic rings. The Morgan fingerprint density at radius 1 is 0.750 bits per heavy atom. The summed E-state index contributed by atoms with van der Waals surface area (Å²) in [7, 11) is 0. The summed E-state index contributed by atoms with van der Waals surface area (Å²) in [6.45, 7) is 27.9. The van der Waals surface area contributed by atoms with Crippen molar-refractivity contribution in [2.45, 2.75) is 115 Å². The first kappa shape index (κ1) is 52.5. The van der Waals surface area contributed by atoms with Gasteiger partial charge in [0.15, 0.2) is 5.78 Å². The number of aliphatic hydroxyl groups excluding tert-OH is 1. The summed E-state index contributed by atoms with van der Waals surface area (Å²) < 4.78 is 41.1. The van der Waals surface area contributed by atoms with Crippen LogP contribution in [0.25, 0.3) is 53.8 Å². The molecule has 0 unspecified atom stereocenters. The fourth-order valence-corrected chi connectivity index (χ4v) is 10.2. The Balaban J connectivity index is 0.000000382. The number of ketones is 1. The maximum atomic E-state index is 13.4. The number of rotatable bonds is 12. The molecule has 64 heavy (non-hydrogen) atoms. The number of hydrogen-bond acceptors (Lipinski definition) is 5. The number of aliphatic hydroxyl groups is 1. The minimum absolute atomic E-state index is 0. The number of halogens is 3. The number of benzene rings is 4. The normalized spacial score (nSPS) is 12.8. The number of fused-ring (bicyclic) bond motifs is 2. The van der Waals surface area contributed by atoms with Crippen LogP contribution in [0.3, 0.4) is 0 Å². The van der Waals surface area contributed by atoms with E-state index in [0.29, 0.717) is 29.2 Å². The van der Waals surface area contributed by atoms with Gasteiger partial charge in [-0.25, -0.2) is 4.98 Å². The van der Waals surface area contributed by atoms with Gasteiger partial charge in [-0.2, -0.15) is 13.2 Å². The molecule has 1 N–H and O–H groups in total. The molecule has 0 aliphatic heterocycles. The minimum Gasteiger partial charge on any atom is -0.512 e. The summed E-state index contributed by atoms with van der Waals surface area (Å²) in [5.74, 6) is 1.63. The molecule has 0 aliphatic carbocycles. The van der Waals surface area contributed by atoms with E-state index in [4.69, 9.17) is 4.98 Å². The molecule has 0 atom stereocenters. The molecule has 6 aromatic rings. The van der Waals surface area contributed by atoms with Gasteiger partial charge in [0.05, 0.1) is 16.7 Å². The van der Waals surface area contributed by atoms with E-state index in [1.807, 2.05) is 18.2 Å². The second kappa shape index (κ2) is 21.0. The van der Waals surface area contributed by atoms with E-state index >= 15 is 0 Å². The van der Waals surface area contributed by atoms with Gasteiger partial charge in [-0.05, 0) is 70.2 Å². The number of thiophene rings is 1.